The molecule has 0 fully saturated rings. The lowest BCUT2D eigenvalue weighted by Gasteiger charge is -2.15. The average molecular weight is 280 g/mol. The molecule has 1 aliphatic heterocycles. The van der Waals surface area contributed by atoms with Gasteiger partial charge in [-0.25, -0.2) is 0 Å². The van der Waals surface area contributed by atoms with Crippen molar-refractivity contribution in [3.05, 3.63) is 64.7 Å². The van der Waals surface area contributed by atoms with Gasteiger partial charge in [-0.2, -0.15) is 0 Å². The van der Waals surface area contributed by atoms with Crippen molar-refractivity contribution in [2.45, 2.75) is 26.9 Å². The number of amides is 1. The maximum Gasteiger partial charge on any atom is 0.238 e. The molecule has 0 aliphatic carbocycles. The fourth-order valence-electron chi connectivity index (χ4n) is 2.86. The second kappa shape index (κ2) is 5.70. The highest BCUT2D eigenvalue weighted by Gasteiger charge is 2.20. The molecule has 21 heavy (non-hydrogen) atoms. The number of carbonyl (C=O) groups excluding carboxylic acids is 1. The van der Waals surface area contributed by atoms with Crippen LogP contribution in [0.2, 0.25) is 0 Å². The summed E-state index contributed by atoms with van der Waals surface area (Å²) < 4.78 is 0. The van der Waals surface area contributed by atoms with Crippen LogP contribution in [0.1, 0.15) is 22.3 Å². The Labute approximate surface area is 125 Å². The lowest BCUT2D eigenvalue weighted by Crippen LogP contribution is -2.29. The van der Waals surface area contributed by atoms with Crippen LogP contribution in [-0.2, 0) is 17.9 Å². The molecule has 3 rings (SSSR count). The second-order valence-corrected chi connectivity index (χ2v) is 5.78. The Hall–Kier alpha value is -2.13. The first kappa shape index (κ1) is 13.8. The molecule has 2 aromatic rings. The maximum atomic E-state index is 12.2. The van der Waals surface area contributed by atoms with Crippen LogP contribution in [0.15, 0.2) is 42.5 Å². The molecular formula is C18H20N2O. The third-order valence-corrected chi connectivity index (χ3v) is 3.93. The van der Waals surface area contributed by atoms with Gasteiger partial charge in [-0.3, -0.25) is 9.69 Å². The van der Waals surface area contributed by atoms with Crippen molar-refractivity contribution in [2.75, 3.05) is 11.9 Å². The SMILES string of the molecule is Cc1ccc(NC(=O)CN2Cc3ccccc3C2)c(C)c1. The molecule has 1 aliphatic rings. The monoisotopic (exact) mass is 280 g/mol. The summed E-state index contributed by atoms with van der Waals surface area (Å²) in [5.74, 6) is 0.0507. The van der Waals surface area contributed by atoms with Crippen molar-refractivity contribution < 1.29 is 4.79 Å². The predicted molar refractivity (Wildman–Crippen MR) is 85.1 cm³/mol. The van der Waals surface area contributed by atoms with Crippen LogP contribution in [0.25, 0.3) is 0 Å². The Bertz CT molecular complexity index is 654. The van der Waals surface area contributed by atoms with Crippen LogP contribution < -0.4 is 5.32 Å². The molecule has 108 valence electrons. The zero-order chi connectivity index (χ0) is 14.8. The van der Waals surface area contributed by atoms with Gasteiger partial charge in [0.15, 0.2) is 0 Å². The predicted octanol–water partition coefficient (Wildman–Crippen LogP) is 3.26. The molecule has 2 aromatic carbocycles. The van der Waals surface area contributed by atoms with Gasteiger partial charge in [0, 0.05) is 18.8 Å². The van der Waals surface area contributed by atoms with E-state index in [1.807, 2.05) is 19.1 Å². The molecule has 1 amide bonds. The number of hydrogen-bond donors (Lipinski definition) is 1. The number of nitrogens with one attached hydrogen (secondary N) is 1. The van der Waals surface area contributed by atoms with E-state index in [0.717, 1.165) is 24.3 Å². The molecular weight excluding hydrogens is 260 g/mol. The van der Waals surface area contributed by atoms with Crippen molar-refractivity contribution >= 4 is 11.6 Å². The largest absolute Gasteiger partial charge is 0.325 e. The van der Waals surface area contributed by atoms with Crippen molar-refractivity contribution in [3.63, 3.8) is 0 Å². The van der Waals surface area contributed by atoms with E-state index in [-0.39, 0.29) is 5.91 Å². The summed E-state index contributed by atoms with van der Waals surface area (Å²) in [4.78, 5) is 14.4. The number of anilines is 1. The number of fused-ring (bicyclic) bond motifs is 1. The van der Waals surface area contributed by atoms with Crippen LogP contribution in [0.4, 0.5) is 5.69 Å². The van der Waals surface area contributed by atoms with Gasteiger partial charge in [0.1, 0.15) is 0 Å². The molecule has 0 saturated heterocycles. The van der Waals surface area contributed by atoms with E-state index < -0.39 is 0 Å². The van der Waals surface area contributed by atoms with Crippen molar-refractivity contribution in [1.82, 2.24) is 4.90 Å². The smallest absolute Gasteiger partial charge is 0.238 e. The first-order chi connectivity index (χ1) is 10.1. The highest BCUT2D eigenvalue weighted by atomic mass is 16.2. The van der Waals surface area contributed by atoms with E-state index in [4.69, 9.17) is 0 Å². The Kier molecular flexibility index (Phi) is 3.76. The van der Waals surface area contributed by atoms with E-state index in [1.165, 1.54) is 16.7 Å². The third kappa shape index (κ3) is 3.14. The average Bonchev–Trinajstić information content (AvgIpc) is 2.84. The quantitative estimate of drug-likeness (QED) is 0.936. The van der Waals surface area contributed by atoms with Crippen LogP contribution in [-0.4, -0.2) is 17.4 Å². The normalized spacial score (nSPS) is 14.0. The Balaban J connectivity index is 1.61. The topological polar surface area (TPSA) is 32.3 Å². The lowest BCUT2D eigenvalue weighted by atomic mass is 10.1. The summed E-state index contributed by atoms with van der Waals surface area (Å²) in [6.45, 7) is 6.23. The van der Waals surface area contributed by atoms with E-state index in [1.54, 1.807) is 0 Å². The third-order valence-electron chi connectivity index (χ3n) is 3.93. The zero-order valence-corrected chi connectivity index (χ0v) is 12.5. The van der Waals surface area contributed by atoms with Crippen molar-refractivity contribution in [3.8, 4) is 0 Å². The van der Waals surface area contributed by atoms with E-state index >= 15 is 0 Å². The summed E-state index contributed by atoms with van der Waals surface area (Å²) in [6, 6.07) is 14.5. The fraction of sp³-hybridized carbons (Fsp3) is 0.278. The molecule has 1 heterocycles. The standard InChI is InChI=1S/C18H20N2O/c1-13-7-8-17(14(2)9-13)19-18(21)12-20-10-15-5-3-4-6-16(15)11-20/h3-9H,10-12H2,1-2H3,(H,19,21). The van der Waals surface area contributed by atoms with Crippen LogP contribution >= 0.6 is 0 Å². The highest BCUT2D eigenvalue weighted by Crippen LogP contribution is 2.22. The van der Waals surface area contributed by atoms with Gasteiger partial charge < -0.3 is 5.32 Å². The summed E-state index contributed by atoms with van der Waals surface area (Å²) in [6.07, 6.45) is 0. The Morgan fingerprint density at radius 1 is 1.10 bits per heavy atom. The molecule has 0 atom stereocenters. The van der Waals surface area contributed by atoms with Crippen LogP contribution in [0.3, 0.4) is 0 Å². The highest BCUT2D eigenvalue weighted by molar-refractivity contribution is 5.93. The second-order valence-electron chi connectivity index (χ2n) is 5.78. The van der Waals surface area contributed by atoms with Crippen molar-refractivity contribution in [1.29, 1.82) is 0 Å². The van der Waals surface area contributed by atoms with Gasteiger partial charge >= 0.3 is 0 Å². The van der Waals surface area contributed by atoms with Gasteiger partial charge in [-0.15, -0.1) is 0 Å². The fourth-order valence-corrected chi connectivity index (χ4v) is 2.86. The van der Waals surface area contributed by atoms with Gasteiger partial charge in [-0.05, 0) is 36.6 Å². The van der Waals surface area contributed by atoms with Crippen LogP contribution in [0.5, 0.6) is 0 Å². The number of carbonyl (C=O) groups is 1. The van der Waals surface area contributed by atoms with E-state index in [0.29, 0.717) is 6.54 Å². The summed E-state index contributed by atoms with van der Waals surface area (Å²) in [7, 11) is 0. The van der Waals surface area contributed by atoms with Crippen molar-refractivity contribution in [2.24, 2.45) is 0 Å². The first-order valence-electron chi connectivity index (χ1n) is 7.28. The van der Waals surface area contributed by atoms with E-state index in [2.05, 4.69) is 47.5 Å². The molecule has 0 saturated carbocycles. The van der Waals surface area contributed by atoms with E-state index in [9.17, 15) is 4.79 Å². The maximum absolute atomic E-state index is 12.2. The summed E-state index contributed by atoms with van der Waals surface area (Å²) >= 11 is 0. The molecule has 3 nitrogen and oxygen atoms in total. The molecule has 0 unspecified atom stereocenters. The summed E-state index contributed by atoms with van der Waals surface area (Å²) in [5, 5.41) is 3.01. The molecule has 0 aromatic heterocycles. The lowest BCUT2D eigenvalue weighted by molar-refractivity contribution is -0.117. The molecule has 0 radical (unpaired) electrons. The number of aryl methyl sites for hydroxylation is 2. The molecule has 3 heteroatoms. The first-order valence-corrected chi connectivity index (χ1v) is 7.28. The Morgan fingerprint density at radius 3 is 2.38 bits per heavy atom. The van der Waals surface area contributed by atoms with Crippen LogP contribution in [0, 0.1) is 13.8 Å². The molecule has 1 N–H and O–H groups in total. The minimum absolute atomic E-state index is 0.0507. The van der Waals surface area contributed by atoms with Gasteiger partial charge in [0.2, 0.25) is 5.91 Å². The zero-order valence-electron chi connectivity index (χ0n) is 12.5. The number of rotatable bonds is 3. The molecule has 0 spiro atoms. The Morgan fingerprint density at radius 2 is 1.76 bits per heavy atom. The minimum Gasteiger partial charge on any atom is -0.325 e. The van der Waals surface area contributed by atoms with Gasteiger partial charge in [-0.1, -0.05) is 42.0 Å². The number of benzene rings is 2. The number of nitrogens with zero attached hydrogens (tertiary/aromatic N) is 1. The van der Waals surface area contributed by atoms with Gasteiger partial charge in [0.25, 0.3) is 0 Å². The van der Waals surface area contributed by atoms with Gasteiger partial charge in [0.05, 0.1) is 6.54 Å². The number of hydrogen-bond acceptors (Lipinski definition) is 2. The summed E-state index contributed by atoms with van der Waals surface area (Å²) in [5.41, 5.74) is 5.88. The molecule has 0 bridgehead atoms. The minimum atomic E-state index is 0.0507.